The van der Waals surface area contributed by atoms with Gasteiger partial charge in [0.1, 0.15) is 5.75 Å². The van der Waals surface area contributed by atoms with E-state index in [9.17, 15) is 0 Å². The summed E-state index contributed by atoms with van der Waals surface area (Å²) in [4.78, 5) is 4.62. The number of nitrogens with two attached hydrogens (primary N) is 1. The molecule has 148 valence electrons. The average molecular weight is 475 g/mol. The largest absolute Gasteiger partial charge is 0.491 e. The third kappa shape index (κ3) is 7.70. The first-order chi connectivity index (χ1) is 12.0. The summed E-state index contributed by atoms with van der Waals surface area (Å²) in [5, 5.41) is 3.17. The standard InChI is InChI=1S/C20H33N3O2.HI/c1-4-24-14-13-20(11-5-6-12-20)15-22-19(21)23-17-7-9-18(10-8-17)25-16(2)3;/h7-10,16H,4-6,11-15H2,1-3H3,(H3,21,22,23);1H. The van der Waals surface area contributed by atoms with Crippen LogP contribution in [0.2, 0.25) is 0 Å². The van der Waals surface area contributed by atoms with E-state index in [1.165, 1.54) is 25.7 Å². The molecule has 0 aliphatic heterocycles. The van der Waals surface area contributed by atoms with Crippen LogP contribution in [-0.2, 0) is 4.74 Å². The average Bonchev–Trinajstić information content (AvgIpc) is 3.04. The molecule has 0 radical (unpaired) electrons. The summed E-state index contributed by atoms with van der Waals surface area (Å²) in [7, 11) is 0. The predicted octanol–water partition coefficient (Wildman–Crippen LogP) is 4.81. The summed E-state index contributed by atoms with van der Waals surface area (Å²) < 4.78 is 11.2. The molecule has 1 aliphatic rings. The minimum atomic E-state index is 0. The molecule has 0 bridgehead atoms. The van der Waals surface area contributed by atoms with Crippen molar-refractivity contribution in [2.45, 2.75) is 59.0 Å². The van der Waals surface area contributed by atoms with Gasteiger partial charge in [-0.05, 0) is 69.7 Å². The highest BCUT2D eigenvalue weighted by Crippen LogP contribution is 2.41. The Hall–Kier alpha value is -1.02. The molecule has 0 spiro atoms. The highest BCUT2D eigenvalue weighted by molar-refractivity contribution is 14.0. The van der Waals surface area contributed by atoms with Crippen molar-refractivity contribution in [3.8, 4) is 5.75 Å². The number of benzene rings is 1. The van der Waals surface area contributed by atoms with Crippen LogP contribution < -0.4 is 15.8 Å². The van der Waals surface area contributed by atoms with Crippen molar-refractivity contribution >= 4 is 35.6 Å². The van der Waals surface area contributed by atoms with Gasteiger partial charge in [-0.25, -0.2) is 0 Å². The van der Waals surface area contributed by atoms with Gasteiger partial charge in [-0.2, -0.15) is 0 Å². The molecule has 0 aromatic heterocycles. The second-order valence-electron chi connectivity index (χ2n) is 7.17. The molecule has 0 unspecified atom stereocenters. The number of hydrogen-bond donors (Lipinski definition) is 2. The number of halogens is 1. The Morgan fingerprint density at radius 1 is 1.23 bits per heavy atom. The molecule has 5 nitrogen and oxygen atoms in total. The quantitative estimate of drug-likeness (QED) is 0.233. The molecule has 1 fully saturated rings. The van der Waals surface area contributed by atoms with Crippen LogP contribution in [0.25, 0.3) is 0 Å². The number of ether oxygens (including phenoxy) is 2. The lowest BCUT2D eigenvalue weighted by atomic mass is 9.83. The van der Waals surface area contributed by atoms with Crippen LogP contribution >= 0.6 is 24.0 Å². The number of rotatable bonds is 9. The number of anilines is 1. The van der Waals surface area contributed by atoms with Gasteiger partial charge >= 0.3 is 0 Å². The number of nitrogens with one attached hydrogen (secondary N) is 1. The van der Waals surface area contributed by atoms with Gasteiger partial charge in [0.25, 0.3) is 0 Å². The number of nitrogens with zero attached hydrogens (tertiary/aromatic N) is 1. The van der Waals surface area contributed by atoms with E-state index in [1.807, 2.05) is 45.0 Å². The zero-order valence-corrected chi connectivity index (χ0v) is 18.6. The molecular weight excluding hydrogens is 441 g/mol. The van der Waals surface area contributed by atoms with Crippen LogP contribution in [0.4, 0.5) is 5.69 Å². The maximum atomic E-state index is 6.09. The maximum absolute atomic E-state index is 6.09. The monoisotopic (exact) mass is 475 g/mol. The lowest BCUT2D eigenvalue weighted by molar-refractivity contribution is 0.107. The lowest BCUT2D eigenvalue weighted by Gasteiger charge is -2.27. The van der Waals surface area contributed by atoms with E-state index in [-0.39, 0.29) is 35.5 Å². The molecule has 1 aromatic carbocycles. The molecule has 0 amide bonds. The van der Waals surface area contributed by atoms with E-state index in [1.54, 1.807) is 0 Å². The minimum absolute atomic E-state index is 0. The molecule has 6 heteroatoms. The number of hydrogen-bond acceptors (Lipinski definition) is 3. The fourth-order valence-corrected chi connectivity index (χ4v) is 3.37. The van der Waals surface area contributed by atoms with Gasteiger partial charge in [0.2, 0.25) is 0 Å². The summed E-state index contributed by atoms with van der Waals surface area (Å²) in [6.45, 7) is 8.44. The zero-order chi connectivity index (χ0) is 18.1. The molecule has 0 saturated heterocycles. The van der Waals surface area contributed by atoms with Crippen LogP contribution in [0.1, 0.15) is 52.9 Å². The van der Waals surface area contributed by atoms with Crippen LogP contribution in [-0.4, -0.2) is 31.8 Å². The van der Waals surface area contributed by atoms with Crippen LogP contribution in [0.5, 0.6) is 5.75 Å². The smallest absolute Gasteiger partial charge is 0.193 e. The molecule has 1 aromatic rings. The summed E-state index contributed by atoms with van der Waals surface area (Å²) in [5.74, 6) is 1.33. The first-order valence-corrected chi connectivity index (χ1v) is 9.44. The van der Waals surface area contributed by atoms with E-state index in [4.69, 9.17) is 15.2 Å². The van der Waals surface area contributed by atoms with Gasteiger partial charge in [-0.15, -0.1) is 24.0 Å². The summed E-state index contributed by atoms with van der Waals surface area (Å²) in [6, 6.07) is 7.80. The predicted molar refractivity (Wildman–Crippen MR) is 120 cm³/mol. The van der Waals surface area contributed by atoms with Crippen molar-refractivity contribution in [1.29, 1.82) is 0 Å². The van der Waals surface area contributed by atoms with E-state index in [0.717, 1.165) is 37.6 Å². The first-order valence-electron chi connectivity index (χ1n) is 9.44. The molecular formula is C20H34IN3O2. The fourth-order valence-electron chi connectivity index (χ4n) is 3.37. The Labute approximate surface area is 175 Å². The number of guanidine groups is 1. The summed E-state index contributed by atoms with van der Waals surface area (Å²) in [5.41, 5.74) is 7.28. The highest BCUT2D eigenvalue weighted by atomic mass is 127. The SMILES string of the molecule is CCOCCC1(CN=C(N)Nc2ccc(OC(C)C)cc2)CCCC1.I. The Kier molecular flexibility index (Phi) is 10.3. The van der Waals surface area contributed by atoms with E-state index in [0.29, 0.717) is 5.96 Å². The maximum Gasteiger partial charge on any atom is 0.193 e. The molecule has 1 saturated carbocycles. The van der Waals surface area contributed by atoms with Crippen molar-refractivity contribution in [1.82, 2.24) is 0 Å². The third-order valence-corrected chi connectivity index (χ3v) is 4.73. The fraction of sp³-hybridized carbons (Fsp3) is 0.650. The normalized spacial score (nSPS) is 16.4. The third-order valence-electron chi connectivity index (χ3n) is 4.73. The molecule has 26 heavy (non-hydrogen) atoms. The number of aliphatic imine (C=N–C) groups is 1. The molecule has 3 N–H and O–H groups in total. The Morgan fingerprint density at radius 3 is 2.46 bits per heavy atom. The second-order valence-corrected chi connectivity index (χ2v) is 7.17. The molecule has 0 heterocycles. The van der Waals surface area contributed by atoms with Crippen molar-refractivity contribution in [3.63, 3.8) is 0 Å². The Balaban J connectivity index is 0.00000338. The summed E-state index contributed by atoms with van der Waals surface area (Å²) >= 11 is 0. The van der Waals surface area contributed by atoms with Gasteiger partial charge in [0.15, 0.2) is 5.96 Å². The van der Waals surface area contributed by atoms with Crippen molar-refractivity contribution in [2.75, 3.05) is 25.1 Å². The van der Waals surface area contributed by atoms with Crippen LogP contribution in [0.15, 0.2) is 29.3 Å². The van der Waals surface area contributed by atoms with Gasteiger partial charge in [0, 0.05) is 25.4 Å². The van der Waals surface area contributed by atoms with Gasteiger partial charge in [0.05, 0.1) is 6.10 Å². The zero-order valence-electron chi connectivity index (χ0n) is 16.3. The Morgan fingerprint density at radius 2 is 1.88 bits per heavy atom. The van der Waals surface area contributed by atoms with Gasteiger partial charge in [-0.1, -0.05) is 12.8 Å². The second kappa shape index (κ2) is 11.6. The van der Waals surface area contributed by atoms with E-state index < -0.39 is 0 Å². The van der Waals surface area contributed by atoms with Crippen molar-refractivity contribution in [3.05, 3.63) is 24.3 Å². The first kappa shape index (κ1) is 23.0. The lowest BCUT2D eigenvalue weighted by Crippen LogP contribution is -2.28. The van der Waals surface area contributed by atoms with Crippen molar-refractivity contribution in [2.24, 2.45) is 16.1 Å². The van der Waals surface area contributed by atoms with Gasteiger partial charge < -0.3 is 20.5 Å². The topological polar surface area (TPSA) is 68.9 Å². The van der Waals surface area contributed by atoms with E-state index >= 15 is 0 Å². The van der Waals surface area contributed by atoms with Crippen LogP contribution in [0.3, 0.4) is 0 Å². The van der Waals surface area contributed by atoms with E-state index in [2.05, 4.69) is 10.3 Å². The van der Waals surface area contributed by atoms with Crippen molar-refractivity contribution < 1.29 is 9.47 Å². The van der Waals surface area contributed by atoms with Crippen LogP contribution in [0, 0.1) is 5.41 Å². The molecule has 2 rings (SSSR count). The van der Waals surface area contributed by atoms with Gasteiger partial charge in [-0.3, -0.25) is 4.99 Å². The highest BCUT2D eigenvalue weighted by Gasteiger charge is 2.33. The minimum Gasteiger partial charge on any atom is -0.491 e. The molecule has 0 atom stereocenters. The Bertz CT molecular complexity index is 540. The molecule has 1 aliphatic carbocycles. The summed E-state index contributed by atoms with van der Waals surface area (Å²) in [6.07, 6.45) is 6.25.